The Kier molecular flexibility index (Phi) is 5.35. The van der Waals surface area contributed by atoms with Crippen LogP contribution in [0.2, 0.25) is 0 Å². The topological polar surface area (TPSA) is 71.4 Å². The van der Waals surface area contributed by atoms with Gasteiger partial charge in [0.25, 0.3) is 0 Å². The van der Waals surface area contributed by atoms with Crippen molar-refractivity contribution < 1.29 is 17.8 Å². The van der Waals surface area contributed by atoms with Crippen molar-refractivity contribution in [2.75, 3.05) is 5.75 Å². The van der Waals surface area contributed by atoms with Crippen LogP contribution in [-0.4, -0.2) is 29.8 Å². The van der Waals surface area contributed by atoms with Crippen LogP contribution in [0.15, 0.2) is 0 Å². The lowest BCUT2D eigenvalue weighted by atomic mass is 9.60. The maximum atomic E-state index is 12.2. The zero-order valence-corrected chi connectivity index (χ0v) is 15.6. The van der Waals surface area contributed by atoms with Crippen LogP contribution in [0, 0.1) is 10.8 Å². The van der Waals surface area contributed by atoms with Gasteiger partial charge in [0.1, 0.15) is 5.75 Å². The van der Waals surface area contributed by atoms with Crippen LogP contribution in [0.4, 0.5) is 0 Å². The maximum absolute atomic E-state index is 12.2. The summed E-state index contributed by atoms with van der Waals surface area (Å²) in [4.78, 5) is 12.2. The second-order valence-corrected chi connectivity index (χ2v) is 12.8. The van der Waals surface area contributed by atoms with Gasteiger partial charge in [-0.3, -0.25) is 4.79 Å². The van der Waals surface area contributed by atoms with Crippen LogP contribution in [0.25, 0.3) is 0 Å². The van der Waals surface area contributed by atoms with Crippen molar-refractivity contribution in [3.8, 4) is 0 Å². The first-order valence-corrected chi connectivity index (χ1v) is 11.7. The lowest BCUT2D eigenvalue weighted by Crippen LogP contribution is -2.49. The molecular formula is C16H29O4S2+. The van der Waals surface area contributed by atoms with Crippen LogP contribution in [0.5, 0.6) is 0 Å². The predicted molar refractivity (Wildman–Crippen MR) is 91.4 cm³/mol. The molecular weight excluding hydrogens is 320 g/mol. The van der Waals surface area contributed by atoms with E-state index in [9.17, 15) is 17.8 Å². The van der Waals surface area contributed by atoms with E-state index in [0.29, 0.717) is 18.6 Å². The Labute approximate surface area is 136 Å². The fourth-order valence-electron chi connectivity index (χ4n) is 3.85. The average Bonchev–Trinajstić information content (AvgIpc) is 2.40. The molecule has 0 bridgehead atoms. The summed E-state index contributed by atoms with van der Waals surface area (Å²) in [6.45, 7) is 6.53. The molecule has 0 aromatic rings. The van der Waals surface area contributed by atoms with Gasteiger partial charge in [-0.25, -0.2) is 4.55 Å². The molecule has 2 rings (SSSR count). The normalized spacial score (nSPS) is 34.4. The van der Waals surface area contributed by atoms with Crippen molar-refractivity contribution >= 4 is 24.9 Å². The molecule has 1 N–H and O–H groups in total. The molecule has 0 heterocycles. The first-order chi connectivity index (χ1) is 10.1. The number of rotatable bonds is 4. The molecule has 4 nitrogen and oxygen atoms in total. The summed E-state index contributed by atoms with van der Waals surface area (Å²) >= 11 is 0. The van der Waals surface area contributed by atoms with Gasteiger partial charge in [0.05, 0.1) is 0 Å². The van der Waals surface area contributed by atoms with E-state index in [1.54, 1.807) is 0 Å². The van der Waals surface area contributed by atoms with Gasteiger partial charge in [0, 0.05) is 18.3 Å². The van der Waals surface area contributed by atoms with Crippen molar-refractivity contribution in [3.63, 3.8) is 0 Å². The monoisotopic (exact) mass is 349 g/mol. The summed E-state index contributed by atoms with van der Waals surface area (Å²) in [6, 6.07) is 0. The summed E-state index contributed by atoms with van der Waals surface area (Å²) < 4.78 is 33.8. The first kappa shape index (κ1) is 18.3. The Hall–Kier alpha value is -0.0700. The molecule has 0 amide bonds. The van der Waals surface area contributed by atoms with Crippen molar-refractivity contribution in [1.82, 2.24) is 0 Å². The van der Waals surface area contributed by atoms with Gasteiger partial charge in [-0.1, -0.05) is 33.6 Å². The lowest BCUT2D eigenvalue weighted by Gasteiger charge is -2.47. The van der Waals surface area contributed by atoms with Gasteiger partial charge in [-0.2, -0.15) is 8.42 Å². The molecule has 0 aliphatic heterocycles. The van der Waals surface area contributed by atoms with Crippen molar-refractivity contribution in [1.29, 1.82) is 0 Å². The minimum atomic E-state index is -4.18. The second-order valence-electron chi connectivity index (χ2n) is 7.81. The van der Waals surface area contributed by atoms with E-state index in [4.69, 9.17) is 0 Å². The van der Waals surface area contributed by atoms with Crippen LogP contribution in [-0.2, 0) is 23.9 Å². The molecule has 2 saturated carbocycles. The van der Waals surface area contributed by atoms with E-state index >= 15 is 0 Å². The van der Waals surface area contributed by atoms with Gasteiger partial charge in [0.15, 0.2) is 21.0 Å². The highest BCUT2D eigenvalue weighted by atomic mass is 33.2. The molecule has 0 aromatic heterocycles. The molecule has 3 atom stereocenters. The van der Waals surface area contributed by atoms with E-state index in [0.717, 1.165) is 32.1 Å². The third-order valence-corrected chi connectivity index (χ3v) is 11.2. The van der Waals surface area contributed by atoms with Gasteiger partial charge in [0.2, 0.25) is 0 Å². The van der Waals surface area contributed by atoms with Crippen LogP contribution in [0.3, 0.4) is 0 Å². The Morgan fingerprint density at radius 3 is 2.32 bits per heavy atom. The molecule has 3 unspecified atom stereocenters. The van der Waals surface area contributed by atoms with Crippen LogP contribution >= 0.6 is 0 Å². The maximum Gasteiger partial charge on any atom is 0.447 e. The van der Waals surface area contributed by atoms with E-state index in [1.165, 1.54) is 6.42 Å². The van der Waals surface area contributed by atoms with Gasteiger partial charge < -0.3 is 0 Å². The molecule has 0 radical (unpaired) electrons. The summed E-state index contributed by atoms with van der Waals surface area (Å²) in [5, 5.41) is -0.488. The summed E-state index contributed by atoms with van der Waals surface area (Å²) in [7, 11) is -5.44. The number of carbonyl (C=O) groups is 1. The molecule has 2 aliphatic carbocycles. The average molecular weight is 350 g/mol. The van der Waals surface area contributed by atoms with Gasteiger partial charge in [-0.15, -0.1) is 0 Å². The molecule has 22 heavy (non-hydrogen) atoms. The Morgan fingerprint density at radius 1 is 1.14 bits per heavy atom. The van der Waals surface area contributed by atoms with E-state index in [-0.39, 0.29) is 16.6 Å². The van der Waals surface area contributed by atoms with Gasteiger partial charge in [-0.05, 0) is 31.1 Å². The third kappa shape index (κ3) is 3.70. The van der Waals surface area contributed by atoms with E-state index in [1.807, 2.05) is 0 Å². The highest BCUT2D eigenvalue weighted by Crippen LogP contribution is 2.52. The van der Waals surface area contributed by atoms with Crippen molar-refractivity contribution in [3.05, 3.63) is 0 Å². The third-order valence-electron chi connectivity index (χ3n) is 5.96. The quantitative estimate of drug-likeness (QED) is 0.479. The fraction of sp³-hybridized carbons (Fsp3) is 0.938. The highest BCUT2D eigenvalue weighted by Gasteiger charge is 2.55. The smallest absolute Gasteiger partial charge is 0.294 e. The summed E-state index contributed by atoms with van der Waals surface area (Å²) in [6.07, 6.45) is 7.12. The zero-order valence-electron chi connectivity index (χ0n) is 13.9. The standard InChI is InChI=1S/C16H28O4S2/c1-15(2)10-6-7-11-16(15,3)12-21(22(18,19)20)14-9-5-4-8-13(14)17/h14H,4-12H2,1-3H3/p+1. The molecule has 0 aromatic carbocycles. The Balaban J connectivity index is 2.29. The number of carbonyl (C=O) groups excluding carboxylic acids is 1. The van der Waals surface area contributed by atoms with Crippen LogP contribution in [0.1, 0.15) is 72.1 Å². The van der Waals surface area contributed by atoms with E-state index < -0.39 is 24.3 Å². The number of Topliss-reactive ketones (excluding diaryl/α,β-unsaturated/α-hetero) is 1. The van der Waals surface area contributed by atoms with Crippen molar-refractivity contribution in [2.24, 2.45) is 10.8 Å². The second kappa shape index (κ2) is 6.44. The van der Waals surface area contributed by atoms with Crippen molar-refractivity contribution in [2.45, 2.75) is 77.4 Å². The molecule has 2 aliphatic rings. The Bertz CT molecular complexity index is 526. The molecule has 2 fully saturated rings. The predicted octanol–water partition coefficient (Wildman–Crippen LogP) is 3.53. The number of hydrogen-bond acceptors (Lipinski definition) is 3. The fourth-order valence-corrected chi connectivity index (χ4v) is 9.22. The Morgan fingerprint density at radius 2 is 1.77 bits per heavy atom. The van der Waals surface area contributed by atoms with E-state index in [2.05, 4.69) is 20.8 Å². The number of ketones is 1. The minimum Gasteiger partial charge on any atom is -0.294 e. The molecule has 6 heteroatoms. The first-order valence-electron chi connectivity index (χ1n) is 8.27. The molecule has 0 spiro atoms. The summed E-state index contributed by atoms with van der Waals surface area (Å²) in [5.41, 5.74) is -0.0964. The minimum absolute atomic E-state index is 0.0319. The molecule has 128 valence electrons. The number of hydrogen-bond donors (Lipinski definition) is 1. The van der Waals surface area contributed by atoms with Crippen LogP contribution < -0.4 is 0 Å². The zero-order chi connectivity index (χ0) is 16.6. The summed E-state index contributed by atoms with van der Waals surface area (Å²) in [5.74, 6) is 0.458. The highest BCUT2D eigenvalue weighted by molar-refractivity contribution is 8.67. The lowest BCUT2D eigenvalue weighted by molar-refractivity contribution is -0.119. The SMILES string of the molecule is CC1(C)CCCCC1(C)C[S+](C1CCCCC1=O)S(=O)(=O)O. The molecule has 0 saturated heterocycles. The van der Waals surface area contributed by atoms with Gasteiger partial charge >= 0.3 is 9.15 Å². The largest absolute Gasteiger partial charge is 0.447 e.